The minimum absolute atomic E-state index is 0.0339. The minimum atomic E-state index is -3.86. The van der Waals surface area contributed by atoms with Crippen molar-refractivity contribution >= 4 is 26.9 Å². The molecule has 0 spiro atoms. The summed E-state index contributed by atoms with van der Waals surface area (Å²) < 4.78 is 39.7. The molecule has 0 aromatic carbocycles. The van der Waals surface area contributed by atoms with Gasteiger partial charge in [0.25, 0.3) is 10.0 Å². The second-order valence-electron chi connectivity index (χ2n) is 4.00. The Morgan fingerprint density at radius 3 is 2.85 bits per heavy atom. The number of fused-ring (bicyclic) bond motifs is 1. The van der Waals surface area contributed by atoms with Crippen molar-refractivity contribution in [3.63, 3.8) is 0 Å². The van der Waals surface area contributed by atoms with Crippen molar-refractivity contribution < 1.29 is 12.8 Å². The number of aromatic amines is 1. The summed E-state index contributed by atoms with van der Waals surface area (Å²) in [6, 6.07) is 7.14. The van der Waals surface area contributed by atoms with Crippen LogP contribution in [0, 0.1) is 5.95 Å². The number of nitrogens with zero attached hydrogens (tertiary/aromatic N) is 2. The van der Waals surface area contributed by atoms with E-state index in [4.69, 9.17) is 0 Å². The van der Waals surface area contributed by atoms with E-state index in [-0.39, 0.29) is 10.7 Å². The summed E-state index contributed by atoms with van der Waals surface area (Å²) in [5.74, 6) is -0.839. The van der Waals surface area contributed by atoms with E-state index < -0.39 is 16.0 Å². The van der Waals surface area contributed by atoms with E-state index in [9.17, 15) is 12.8 Å². The molecule has 3 aromatic heterocycles. The van der Waals surface area contributed by atoms with Crippen LogP contribution in [0.2, 0.25) is 0 Å². The number of nitrogens with one attached hydrogen (secondary N) is 2. The lowest BCUT2D eigenvalue weighted by Crippen LogP contribution is -2.13. The molecular weight excluding hydrogens is 283 g/mol. The number of halogens is 1. The Labute approximate surface area is 113 Å². The fourth-order valence-electron chi connectivity index (χ4n) is 1.81. The number of pyridine rings is 2. The van der Waals surface area contributed by atoms with Gasteiger partial charge in [-0.3, -0.25) is 4.72 Å². The molecule has 6 nitrogen and oxygen atoms in total. The summed E-state index contributed by atoms with van der Waals surface area (Å²) in [6.45, 7) is 0. The Morgan fingerprint density at radius 1 is 1.20 bits per heavy atom. The molecule has 3 rings (SSSR count). The molecule has 0 saturated heterocycles. The Balaban J connectivity index is 2.04. The van der Waals surface area contributed by atoms with Crippen LogP contribution >= 0.6 is 0 Å². The molecule has 3 heterocycles. The van der Waals surface area contributed by atoms with E-state index in [2.05, 4.69) is 19.7 Å². The van der Waals surface area contributed by atoms with Gasteiger partial charge in [0.15, 0.2) is 0 Å². The maximum absolute atomic E-state index is 13.0. The molecule has 20 heavy (non-hydrogen) atoms. The molecule has 0 aliphatic carbocycles. The molecule has 0 aliphatic rings. The first-order chi connectivity index (χ1) is 9.56. The van der Waals surface area contributed by atoms with Crippen molar-refractivity contribution in [1.82, 2.24) is 15.0 Å². The number of aromatic nitrogens is 3. The second kappa shape index (κ2) is 4.57. The van der Waals surface area contributed by atoms with Crippen LogP contribution < -0.4 is 4.72 Å². The molecule has 102 valence electrons. The molecule has 0 amide bonds. The van der Waals surface area contributed by atoms with E-state index >= 15 is 0 Å². The zero-order chi connectivity index (χ0) is 14.2. The minimum Gasteiger partial charge on any atom is -0.345 e. The van der Waals surface area contributed by atoms with Crippen molar-refractivity contribution in [3.05, 3.63) is 48.7 Å². The molecule has 0 aliphatic heterocycles. The maximum Gasteiger partial charge on any atom is 0.265 e. The molecule has 0 atom stereocenters. The number of rotatable bonds is 3. The van der Waals surface area contributed by atoms with Gasteiger partial charge in [-0.15, -0.1) is 0 Å². The first-order valence-corrected chi connectivity index (χ1v) is 7.12. The molecule has 3 aromatic rings. The van der Waals surface area contributed by atoms with Crippen molar-refractivity contribution in [1.29, 1.82) is 0 Å². The van der Waals surface area contributed by atoms with Crippen molar-refractivity contribution in [2.75, 3.05) is 4.72 Å². The number of hydrogen-bond donors (Lipinski definition) is 2. The fraction of sp³-hybridized carbons (Fsp3) is 0. The lowest BCUT2D eigenvalue weighted by molar-refractivity contribution is 0.584. The zero-order valence-electron chi connectivity index (χ0n) is 10.0. The maximum atomic E-state index is 13.0. The van der Waals surface area contributed by atoms with Crippen LogP contribution in [0.1, 0.15) is 0 Å². The van der Waals surface area contributed by atoms with Crippen molar-refractivity contribution in [2.24, 2.45) is 0 Å². The topological polar surface area (TPSA) is 87.7 Å². The quantitative estimate of drug-likeness (QED) is 0.722. The third-order valence-electron chi connectivity index (χ3n) is 2.66. The summed E-state index contributed by atoms with van der Waals surface area (Å²) in [5, 5.41) is 0.455. The molecule has 8 heteroatoms. The Kier molecular flexibility index (Phi) is 2.87. The summed E-state index contributed by atoms with van der Waals surface area (Å²) >= 11 is 0. The number of hydrogen-bond acceptors (Lipinski definition) is 4. The van der Waals surface area contributed by atoms with E-state index in [0.717, 1.165) is 6.07 Å². The molecule has 0 fully saturated rings. The van der Waals surface area contributed by atoms with Crippen LogP contribution in [0.5, 0.6) is 0 Å². The van der Waals surface area contributed by atoms with E-state index in [1.54, 1.807) is 18.3 Å². The normalized spacial score (nSPS) is 11.7. The van der Waals surface area contributed by atoms with Crippen LogP contribution in [-0.4, -0.2) is 23.4 Å². The summed E-state index contributed by atoms with van der Waals surface area (Å²) in [4.78, 5) is 10.3. The highest BCUT2D eigenvalue weighted by atomic mass is 32.2. The van der Waals surface area contributed by atoms with Gasteiger partial charge in [-0.1, -0.05) is 6.07 Å². The number of H-pyrrole nitrogens is 1. The fourth-order valence-corrected chi connectivity index (χ4v) is 2.98. The zero-order valence-corrected chi connectivity index (χ0v) is 10.9. The Morgan fingerprint density at radius 2 is 2.05 bits per heavy atom. The monoisotopic (exact) mass is 292 g/mol. The highest BCUT2D eigenvalue weighted by Gasteiger charge is 2.20. The molecule has 0 unspecified atom stereocenters. The lowest BCUT2D eigenvalue weighted by atomic mass is 10.3. The standard InChI is InChI=1S/C12H9FN4O2S/c13-10-4-1-5-11(16-10)17-20(18,19)9-7-15-12-8(9)3-2-6-14-12/h1-7H,(H,14,15)(H,16,17). The highest BCUT2D eigenvalue weighted by molar-refractivity contribution is 7.93. The first-order valence-electron chi connectivity index (χ1n) is 5.64. The Bertz CT molecular complexity index is 876. The van der Waals surface area contributed by atoms with Gasteiger partial charge in [-0.2, -0.15) is 4.39 Å². The van der Waals surface area contributed by atoms with E-state index in [1.165, 1.54) is 18.3 Å². The first kappa shape index (κ1) is 12.5. The van der Waals surface area contributed by atoms with E-state index in [1.807, 2.05) is 0 Å². The van der Waals surface area contributed by atoms with Crippen LogP contribution in [0.25, 0.3) is 11.0 Å². The molecular formula is C12H9FN4O2S. The average Bonchev–Trinajstić information content (AvgIpc) is 2.82. The van der Waals surface area contributed by atoms with Gasteiger partial charge in [-0.05, 0) is 24.3 Å². The summed E-state index contributed by atoms with van der Waals surface area (Å²) in [5.41, 5.74) is 0.458. The molecule has 0 radical (unpaired) electrons. The molecule has 2 N–H and O–H groups in total. The predicted molar refractivity (Wildman–Crippen MR) is 71.1 cm³/mol. The van der Waals surface area contributed by atoms with Crippen molar-refractivity contribution in [3.8, 4) is 0 Å². The Hall–Kier alpha value is -2.48. The number of sulfonamides is 1. The SMILES string of the molecule is O=S(=O)(Nc1cccc(F)n1)c1c[nH]c2ncccc12. The van der Waals surface area contributed by atoms with Crippen LogP contribution in [-0.2, 0) is 10.0 Å². The second-order valence-corrected chi connectivity index (χ2v) is 5.65. The largest absolute Gasteiger partial charge is 0.345 e. The molecule has 0 bridgehead atoms. The third-order valence-corrected chi connectivity index (χ3v) is 4.05. The van der Waals surface area contributed by atoms with Gasteiger partial charge in [0.1, 0.15) is 16.4 Å². The van der Waals surface area contributed by atoms with Gasteiger partial charge < -0.3 is 4.98 Å². The van der Waals surface area contributed by atoms with Gasteiger partial charge in [0.05, 0.1) is 0 Å². The lowest BCUT2D eigenvalue weighted by Gasteiger charge is -2.05. The smallest absolute Gasteiger partial charge is 0.265 e. The van der Waals surface area contributed by atoms with Crippen molar-refractivity contribution in [2.45, 2.75) is 4.90 Å². The van der Waals surface area contributed by atoms with Gasteiger partial charge in [0.2, 0.25) is 5.95 Å². The highest BCUT2D eigenvalue weighted by Crippen LogP contribution is 2.22. The van der Waals surface area contributed by atoms with Gasteiger partial charge in [0, 0.05) is 17.8 Å². The average molecular weight is 292 g/mol. The number of anilines is 1. The molecule has 0 saturated carbocycles. The third kappa shape index (κ3) is 2.21. The summed E-state index contributed by atoms with van der Waals surface area (Å²) in [7, 11) is -3.86. The van der Waals surface area contributed by atoms with Crippen LogP contribution in [0.15, 0.2) is 47.6 Å². The summed E-state index contributed by atoms with van der Waals surface area (Å²) in [6.07, 6.45) is 2.89. The van der Waals surface area contributed by atoms with Gasteiger partial charge in [-0.25, -0.2) is 18.4 Å². The van der Waals surface area contributed by atoms with E-state index in [0.29, 0.717) is 11.0 Å². The van der Waals surface area contributed by atoms with Crippen LogP contribution in [0.4, 0.5) is 10.2 Å². The predicted octanol–water partition coefficient (Wildman–Crippen LogP) is 1.90. The van der Waals surface area contributed by atoms with Gasteiger partial charge >= 0.3 is 0 Å². The van der Waals surface area contributed by atoms with Crippen LogP contribution in [0.3, 0.4) is 0 Å².